The molecule has 140 valence electrons. The first kappa shape index (κ1) is 19.5. The molecule has 5 nitrogen and oxygen atoms in total. The summed E-state index contributed by atoms with van der Waals surface area (Å²) in [6.45, 7) is 7.44. The zero-order chi connectivity index (χ0) is 17.2. The lowest BCUT2D eigenvalue weighted by Crippen LogP contribution is -2.40. The van der Waals surface area contributed by atoms with Crippen molar-refractivity contribution in [1.82, 2.24) is 10.6 Å². The molecule has 0 heterocycles. The zero-order valence-electron chi connectivity index (χ0n) is 15.6. The van der Waals surface area contributed by atoms with E-state index < -0.39 is 0 Å². The van der Waals surface area contributed by atoms with Gasteiger partial charge in [-0.25, -0.2) is 0 Å². The second kappa shape index (κ2) is 10.9. The minimum Gasteiger partial charge on any atom is -0.393 e. The van der Waals surface area contributed by atoms with Crippen molar-refractivity contribution in [2.45, 2.75) is 77.4 Å². The molecule has 0 spiro atoms. The van der Waals surface area contributed by atoms with Gasteiger partial charge in [0.1, 0.15) is 0 Å². The van der Waals surface area contributed by atoms with Crippen molar-refractivity contribution in [3.63, 3.8) is 0 Å². The van der Waals surface area contributed by atoms with E-state index in [1.165, 1.54) is 25.7 Å². The Kier molecular flexibility index (Phi) is 8.89. The van der Waals surface area contributed by atoms with Gasteiger partial charge < -0.3 is 20.5 Å². The number of aliphatic imine (C=N–C) groups is 1. The maximum Gasteiger partial charge on any atom is 0.191 e. The lowest BCUT2D eigenvalue weighted by molar-refractivity contribution is 0.0169. The third-order valence-corrected chi connectivity index (χ3v) is 5.47. The van der Waals surface area contributed by atoms with E-state index in [1.807, 2.05) is 0 Å². The van der Waals surface area contributed by atoms with Crippen molar-refractivity contribution in [3.05, 3.63) is 0 Å². The molecule has 3 N–H and O–H groups in total. The molecule has 2 aliphatic carbocycles. The molecule has 0 aromatic rings. The molecule has 3 atom stereocenters. The molecule has 2 saturated carbocycles. The van der Waals surface area contributed by atoms with Gasteiger partial charge in [-0.2, -0.15) is 0 Å². The second-order valence-corrected chi connectivity index (χ2v) is 7.23. The van der Waals surface area contributed by atoms with Gasteiger partial charge in [-0.05, 0) is 51.9 Å². The van der Waals surface area contributed by atoms with Gasteiger partial charge in [-0.3, -0.25) is 4.99 Å². The fraction of sp³-hybridized carbons (Fsp3) is 0.947. The smallest absolute Gasteiger partial charge is 0.191 e. The highest BCUT2D eigenvalue weighted by Gasteiger charge is 2.26. The molecule has 0 saturated heterocycles. The number of aliphatic hydroxyl groups excluding tert-OH is 1. The van der Waals surface area contributed by atoms with E-state index in [2.05, 4.69) is 29.5 Å². The average molecular weight is 340 g/mol. The van der Waals surface area contributed by atoms with Gasteiger partial charge >= 0.3 is 0 Å². The number of aliphatic hydroxyl groups is 1. The van der Waals surface area contributed by atoms with Crippen molar-refractivity contribution in [2.75, 3.05) is 26.2 Å². The van der Waals surface area contributed by atoms with E-state index in [0.29, 0.717) is 18.6 Å². The summed E-state index contributed by atoms with van der Waals surface area (Å²) in [5.74, 6) is 1.94. The van der Waals surface area contributed by atoms with Crippen LogP contribution in [0.25, 0.3) is 0 Å². The standard InChI is InChI=1S/C19H37N3O2/c1-3-20-19(22-14-16-10-7-11-17(16)23)21-13-12-18(24-4-2)15-8-5-6-9-15/h15-18,23H,3-14H2,1-2H3,(H2,20,21,22). The minimum absolute atomic E-state index is 0.165. The highest BCUT2D eigenvalue weighted by Crippen LogP contribution is 2.30. The molecule has 2 rings (SSSR count). The summed E-state index contributed by atoms with van der Waals surface area (Å²) < 4.78 is 5.99. The lowest BCUT2D eigenvalue weighted by atomic mass is 9.98. The maximum absolute atomic E-state index is 9.93. The van der Waals surface area contributed by atoms with Crippen molar-refractivity contribution < 1.29 is 9.84 Å². The fourth-order valence-electron chi connectivity index (χ4n) is 4.11. The third kappa shape index (κ3) is 6.25. The summed E-state index contributed by atoms with van der Waals surface area (Å²) in [4.78, 5) is 4.68. The third-order valence-electron chi connectivity index (χ3n) is 5.47. The van der Waals surface area contributed by atoms with E-state index in [0.717, 1.165) is 57.3 Å². The number of guanidine groups is 1. The number of nitrogens with one attached hydrogen (secondary N) is 2. The van der Waals surface area contributed by atoms with Gasteiger partial charge in [0.15, 0.2) is 5.96 Å². The second-order valence-electron chi connectivity index (χ2n) is 7.23. The van der Waals surface area contributed by atoms with Crippen molar-refractivity contribution in [1.29, 1.82) is 0 Å². The lowest BCUT2D eigenvalue weighted by Gasteiger charge is -2.24. The number of hydrogen-bond donors (Lipinski definition) is 3. The summed E-state index contributed by atoms with van der Waals surface area (Å²) in [6.07, 6.45) is 9.75. The Morgan fingerprint density at radius 1 is 1.12 bits per heavy atom. The quantitative estimate of drug-likeness (QED) is 0.446. The summed E-state index contributed by atoms with van der Waals surface area (Å²) in [6, 6.07) is 0. The minimum atomic E-state index is -0.165. The summed E-state index contributed by atoms with van der Waals surface area (Å²) in [5, 5.41) is 16.7. The van der Waals surface area contributed by atoms with Gasteiger partial charge in [0.2, 0.25) is 0 Å². The Bertz CT molecular complexity index is 370. The fourth-order valence-corrected chi connectivity index (χ4v) is 4.11. The van der Waals surface area contributed by atoms with Crippen LogP contribution in [0.15, 0.2) is 4.99 Å². The SMILES string of the molecule is CCNC(=NCC1CCCC1O)NCCC(OCC)C1CCCC1. The largest absolute Gasteiger partial charge is 0.393 e. The first-order valence-electron chi connectivity index (χ1n) is 10.1. The van der Waals surface area contributed by atoms with Gasteiger partial charge in [0, 0.05) is 32.2 Å². The summed E-state index contributed by atoms with van der Waals surface area (Å²) >= 11 is 0. The molecular formula is C19H37N3O2. The first-order valence-corrected chi connectivity index (χ1v) is 10.1. The molecule has 2 fully saturated rings. The van der Waals surface area contributed by atoms with Crippen molar-refractivity contribution in [3.8, 4) is 0 Å². The van der Waals surface area contributed by atoms with Crippen LogP contribution in [0.1, 0.15) is 65.2 Å². The number of rotatable bonds is 9. The van der Waals surface area contributed by atoms with Crippen LogP contribution in [-0.4, -0.2) is 49.5 Å². The topological polar surface area (TPSA) is 65.9 Å². The Labute approximate surface area is 147 Å². The van der Waals surface area contributed by atoms with E-state index in [1.54, 1.807) is 0 Å². The van der Waals surface area contributed by atoms with Crippen LogP contribution in [-0.2, 0) is 4.74 Å². The molecular weight excluding hydrogens is 302 g/mol. The van der Waals surface area contributed by atoms with Gasteiger partial charge in [-0.15, -0.1) is 0 Å². The first-order chi connectivity index (χ1) is 11.7. The van der Waals surface area contributed by atoms with Crippen LogP contribution in [0.3, 0.4) is 0 Å². The normalized spacial score (nSPS) is 26.7. The predicted molar refractivity (Wildman–Crippen MR) is 99.3 cm³/mol. The molecule has 0 radical (unpaired) electrons. The number of nitrogens with zero attached hydrogens (tertiary/aromatic N) is 1. The highest BCUT2D eigenvalue weighted by molar-refractivity contribution is 5.79. The van der Waals surface area contributed by atoms with Crippen LogP contribution in [0.5, 0.6) is 0 Å². The Morgan fingerprint density at radius 2 is 1.92 bits per heavy atom. The highest BCUT2D eigenvalue weighted by atomic mass is 16.5. The Hall–Kier alpha value is -0.810. The van der Waals surface area contributed by atoms with E-state index in [4.69, 9.17) is 4.74 Å². The van der Waals surface area contributed by atoms with E-state index in [-0.39, 0.29) is 6.10 Å². The monoisotopic (exact) mass is 339 g/mol. The molecule has 0 aliphatic heterocycles. The van der Waals surface area contributed by atoms with Crippen LogP contribution >= 0.6 is 0 Å². The number of ether oxygens (including phenoxy) is 1. The Balaban J connectivity index is 1.76. The van der Waals surface area contributed by atoms with Crippen molar-refractivity contribution in [2.24, 2.45) is 16.8 Å². The summed E-state index contributed by atoms with van der Waals surface area (Å²) in [5.41, 5.74) is 0. The van der Waals surface area contributed by atoms with Crippen LogP contribution < -0.4 is 10.6 Å². The molecule has 0 bridgehead atoms. The van der Waals surface area contributed by atoms with Gasteiger partial charge in [0.25, 0.3) is 0 Å². The van der Waals surface area contributed by atoms with Gasteiger partial charge in [-0.1, -0.05) is 19.3 Å². The molecule has 24 heavy (non-hydrogen) atoms. The van der Waals surface area contributed by atoms with E-state index in [9.17, 15) is 5.11 Å². The predicted octanol–water partition coefficient (Wildman–Crippen LogP) is 2.69. The van der Waals surface area contributed by atoms with Crippen molar-refractivity contribution >= 4 is 5.96 Å². The van der Waals surface area contributed by atoms with Crippen LogP contribution in [0.4, 0.5) is 0 Å². The molecule has 5 heteroatoms. The summed E-state index contributed by atoms with van der Waals surface area (Å²) in [7, 11) is 0. The molecule has 3 unspecified atom stereocenters. The molecule has 2 aliphatic rings. The van der Waals surface area contributed by atoms with Gasteiger partial charge in [0.05, 0.1) is 12.2 Å². The van der Waals surface area contributed by atoms with E-state index >= 15 is 0 Å². The number of hydrogen-bond acceptors (Lipinski definition) is 3. The average Bonchev–Trinajstić information content (AvgIpc) is 3.23. The molecule has 0 aromatic heterocycles. The maximum atomic E-state index is 9.93. The molecule has 0 aromatic carbocycles. The van der Waals surface area contributed by atoms with Crippen LogP contribution in [0.2, 0.25) is 0 Å². The zero-order valence-corrected chi connectivity index (χ0v) is 15.6. The van der Waals surface area contributed by atoms with Crippen LogP contribution in [0, 0.1) is 11.8 Å². The Morgan fingerprint density at radius 3 is 2.54 bits per heavy atom. The molecule has 0 amide bonds.